The van der Waals surface area contributed by atoms with Gasteiger partial charge in [-0.15, -0.1) is 11.8 Å². The molecule has 0 aliphatic rings. The number of thioether (sulfide) groups is 1. The number of nitrogens with zero attached hydrogens (tertiary/aromatic N) is 1. The Balaban J connectivity index is 2.01. The monoisotopic (exact) mass is 332 g/mol. The van der Waals surface area contributed by atoms with Crippen LogP contribution in [0.25, 0.3) is 0 Å². The van der Waals surface area contributed by atoms with E-state index < -0.39 is 5.97 Å². The van der Waals surface area contributed by atoms with E-state index in [1.807, 2.05) is 30.5 Å². The van der Waals surface area contributed by atoms with E-state index in [4.69, 9.17) is 0 Å². The molecule has 0 unspecified atom stereocenters. The topological polar surface area (TPSA) is 71.3 Å². The minimum atomic E-state index is -1.00. The number of nitrogens with one attached hydrogen (secondary N) is 1. The summed E-state index contributed by atoms with van der Waals surface area (Å²) in [6.07, 6.45) is 3.79. The van der Waals surface area contributed by atoms with Crippen molar-refractivity contribution in [1.82, 2.24) is 9.88 Å². The number of benzene rings is 1. The van der Waals surface area contributed by atoms with Crippen LogP contribution in [0.5, 0.6) is 0 Å². The molecule has 0 atom stereocenters. The summed E-state index contributed by atoms with van der Waals surface area (Å²) >= 11 is 1.67. The molecule has 5 nitrogen and oxygen atoms in total. The summed E-state index contributed by atoms with van der Waals surface area (Å²) in [6, 6.07) is 7.97. The van der Waals surface area contributed by atoms with Gasteiger partial charge < -0.3 is 15.0 Å². The van der Waals surface area contributed by atoms with E-state index in [1.54, 1.807) is 36.5 Å². The van der Waals surface area contributed by atoms with E-state index in [-0.39, 0.29) is 17.9 Å². The third kappa shape index (κ3) is 4.16. The Morgan fingerprint density at radius 1 is 1.26 bits per heavy atom. The smallest absolute Gasteiger partial charge is 0.337 e. The van der Waals surface area contributed by atoms with Gasteiger partial charge in [0.05, 0.1) is 12.0 Å². The van der Waals surface area contributed by atoms with E-state index in [9.17, 15) is 14.7 Å². The molecule has 1 heterocycles. The van der Waals surface area contributed by atoms with Crippen molar-refractivity contribution >= 4 is 23.6 Å². The molecule has 0 saturated heterocycles. The summed E-state index contributed by atoms with van der Waals surface area (Å²) in [5, 5.41) is 12.1. The van der Waals surface area contributed by atoms with E-state index in [0.29, 0.717) is 17.8 Å². The number of carboxylic acid groups (broad SMARTS) is 1. The quantitative estimate of drug-likeness (QED) is 0.798. The molecule has 2 rings (SSSR count). The molecule has 2 aromatic rings. The average molecular weight is 332 g/mol. The van der Waals surface area contributed by atoms with Crippen molar-refractivity contribution in [2.45, 2.75) is 24.8 Å². The summed E-state index contributed by atoms with van der Waals surface area (Å²) in [6.45, 7) is 2.16. The molecule has 0 spiro atoms. The highest BCUT2D eigenvalue weighted by molar-refractivity contribution is 7.98. The molecule has 1 aromatic heterocycles. The van der Waals surface area contributed by atoms with Crippen LogP contribution in [-0.4, -0.2) is 27.8 Å². The number of hydrogen-bond acceptors (Lipinski definition) is 3. The fraction of sp³-hybridized carbons (Fsp3) is 0.294. The molecule has 1 amide bonds. The zero-order valence-electron chi connectivity index (χ0n) is 13.4. The molecule has 0 bridgehead atoms. The maximum atomic E-state index is 12.1. The van der Waals surface area contributed by atoms with Gasteiger partial charge in [-0.05, 0) is 36.4 Å². The number of hydrogen-bond donors (Lipinski definition) is 2. The zero-order chi connectivity index (χ0) is 17.0. The molecule has 0 radical (unpaired) electrons. The minimum Gasteiger partial charge on any atom is -0.478 e. The van der Waals surface area contributed by atoms with E-state index in [2.05, 4.69) is 5.32 Å². The van der Waals surface area contributed by atoms with Crippen LogP contribution >= 0.6 is 11.8 Å². The van der Waals surface area contributed by atoms with Crippen molar-refractivity contribution in [3.8, 4) is 0 Å². The van der Waals surface area contributed by atoms with Crippen LogP contribution < -0.4 is 5.32 Å². The molecule has 0 aliphatic heterocycles. The van der Waals surface area contributed by atoms with Gasteiger partial charge in [-0.3, -0.25) is 4.79 Å². The predicted octanol–water partition coefficient (Wildman–Crippen LogP) is 2.61. The Morgan fingerprint density at radius 2 is 1.91 bits per heavy atom. The maximum Gasteiger partial charge on any atom is 0.337 e. The standard InChI is InChI=1S/C17H20N2O3S/c1-11-10-19(2)14(16(11)17(21)22)8-15(20)18-9-12-4-6-13(23-3)7-5-12/h4-7,10H,8-9H2,1-3H3,(H,18,20)(H,21,22). The zero-order valence-corrected chi connectivity index (χ0v) is 14.2. The van der Waals surface area contributed by atoms with Gasteiger partial charge in [-0.1, -0.05) is 12.1 Å². The Morgan fingerprint density at radius 3 is 2.48 bits per heavy atom. The first-order valence-electron chi connectivity index (χ1n) is 7.20. The molecule has 1 aromatic carbocycles. The first-order chi connectivity index (χ1) is 10.9. The van der Waals surface area contributed by atoms with E-state index in [1.165, 1.54) is 4.90 Å². The lowest BCUT2D eigenvalue weighted by molar-refractivity contribution is -0.120. The number of carbonyl (C=O) groups is 2. The van der Waals surface area contributed by atoms with Crippen LogP contribution in [0.4, 0.5) is 0 Å². The number of carbonyl (C=O) groups excluding carboxylic acids is 1. The second kappa shape index (κ2) is 7.37. The molecular weight excluding hydrogens is 312 g/mol. The fourth-order valence-electron chi connectivity index (χ4n) is 2.50. The summed E-state index contributed by atoms with van der Waals surface area (Å²) in [4.78, 5) is 24.6. The van der Waals surface area contributed by atoms with Crippen molar-refractivity contribution < 1.29 is 14.7 Å². The van der Waals surface area contributed by atoms with Gasteiger partial charge in [-0.25, -0.2) is 4.79 Å². The molecule has 2 N–H and O–H groups in total. The van der Waals surface area contributed by atoms with Gasteiger partial charge in [0.1, 0.15) is 0 Å². The number of aromatic nitrogens is 1. The third-order valence-electron chi connectivity index (χ3n) is 3.69. The molecule has 0 saturated carbocycles. The highest BCUT2D eigenvalue weighted by Gasteiger charge is 2.19. The van der Waals surface area contributed by atoms with E-state index in [0.717, 1.165) is 5.56 Å². The van der Waals surface area contributed by atoms with Gasteiger partial charge in [-0.2, -0.15) is 0 Å². The SMILES string of the molecule is CSc1ccc(CNC(=O)Cc2c(C(=O)O)c(C)cn2C)cc1. The molecular formula is C17H20N2O3S. The summed E-state index contributed by atoms with van der Waals surface area (Å²) < 4.78 is 1.70. The summed E-state index contributed by atoms with van der Waals surface area (Å²) in [5.41, 5.74) is 2.41. The van der Waals surface area contributed by atoms with Gasteiger partial charge in [0.2, 0.25) is 5.91 Å². The van der Waals surface area contributed by atoms with Crippen molar-refractivity contribution in [3.63, 3.8) is 0 Å². The van der Waals surface area contributed by atoms with Crippen molar-refractivity contribution in [2.24, 2.45) is 7.05 Å². The number of aryl methyl sites for hydroxylation is 2. The minimum absolute atomic E-state index is 0.0505. The van der Waals surface area contributed by atoms with Crippen LogP contribution in [0.15, 0.2) is 35.4 Å². The highest BCUT2D eigenvalue weighted by atomic mass is 32.2. The Hall–Kier alpha value is -2.21. The third-order valence-corrected chi connectivity index (χ3v) is 4.43. The maximum absolute atomic E-state index is 12.1. The van der Waals surface area contributed by atoms with Crippen LogP contribution in [0, 0.1) is 6.92 Å². The number of aromatic carboxylic acids is 1. The van der Waals surface area contributed by atoms with Crippen LogP contribution in [0.3, 0.4) is 0 Å². The second-order valence-electron chi connectivity index (χ2n) is 5.35. The van der Waals surface area contributed by atoms with Crippen LogP contribution in [0.1, 0.15) is 27.2 Å². The highest BCUT2D eigenvalue weighted by Crippen LogP contribution is 2.17. The molecule has 0 fully saturated rings. The normalized spacial score (nSPS) is 10.6. The Labute approximate surface area is 139 Å². The first-order valence-corrected chi connectivity index (χ1v) is 8.42. The Kier molecular flexibility index (Phi) is 5.50. The van der Waals surface area contributed by atoms with Crippen molar-refractivity contribution in [1.29, 1.82) is 0 Å². The Bertz CT molecular complexity index is 720. The van der Waals surface area contributed by atoms with Gasteiger partial charge in [0.15, 0.2) is 0 Å². The van der Waals surface area contributed by atoms with Gasteiger partial charge in [0, 0.05) is 30.4 Å². The molecule has 0 aliphatic carbocycles. The lowest BCUT2D eigenvalue weighted by Gasteiger charge is -2.08. The van der Waals surface area contributed by atoms with Crippen LogP contribution in [-0.2, 0) is 24.8 Å². The summed E-state index contributed by atoms with van der Waals surface area (Å²) in [5.74, 6) is -1.19. The van der Waals surface area contributed by atoms with Crippen molar-refractivity contribution in [3.05, 3.63) is 52.8 Å². The number of rotatable bonds is 6. The van der Waals surface area contributed by atoms with Gasteiger partial charge in [0.25, 0.3) is 0 Å². The summed E-state index contributed by atoms with van der Waals surface area (Å²) in [7, 11) is 1.75. The number of amides is 1. The van der Waals surface area contributed by atoms with Gasteiger partial charge >= 0.3 is 5.97 Å². The predicted molar refractivity (Wildman–Crippen MR) is 90.9 cm³/mol. The largest absolute Gasteiger partial charge is 0.478 e. The first kappa shape index (κ1) is 17.1. The molecule has 6 heteroatoms. The fourth-order valence-corrected chi connectivity index (χ4v) is 2.91. The average Bonchev–Trinajstić information content (AvgIpc) is 2.79. The molecule has 122 valence electrons. The number of carboxylic acids is 1. The van der Waals surface area contributed by atoms with Crippen molar-refractivity contribution in [2.75, 3.05) is 6.26 Å². The lowest BCUT2D eigenvalue weighted by atomic mass is 10.1. The lowest BCUT2D eigenvalue weighted by Crippen LogP contribution is -2.26. The molecule has 23 heavy (non-hydrogen) atoms. The second-order valence-corrected chi connectivity index (χ2v) is 6.23. The van der Waals surface area contributed by atoms with Crippen LogP contribution in [0.2, 0.25) is 0 Å². The van der Waals surface area contributed by atoms with E-state index >= 15 is 0 Å².